The van der Waals surface area contributed by atoms with Crippen LogP contribution in [0.4, 0.5) is 25.8 Å². The molecule has 1 unspecified atom stereocenters. The average Bonchev–Trinajstić information content (AvgIpc) is 2.76. The number of ether oxygens (including phenoxy) is 1. The smallest absolute Gasteiger partial charge is 0.255 e. The summed E-state index contributed by atoms with van der Waals surface area (Å²) < 4.78 is 31.8. The number of amides is 1. The number of hydrogen-bond acceptors (Lipinski definition) is 5. The molecule has 0 aliphatic rings. The van der Waals surface area contributed by atoms with Crippen molar-refractivity contribution in [1.29, 1.82) is 0 Å². The van der Waals surface area contributed by atoms with E-state index in [0.717, 1.165) is 23.4 Å². The molecule has 0 aromatic heterocycles. The zero-order chi connectivity index (χ0) is 22.5. The van der Waals surface area contributed by atoms with E-state index in [2.05, 4.69) is 10.6 Å². The molecule has 0 heterocycles. The monoisotopic (exact) mass is 427 g/mol. The first-order valence-corrected chi connectivity index (χ1v) is 9.53. The first kappa shape index (κ1) is 22.0. The summed E-state index contributed by atoms with van der Waals surface area (Å²) >= 11 is 0. The van der Waals surface area contributed by atoms with Crippen LogP contribution in [0.1, 0.15) is 34.5 Å². The minimum absolute atomic E-state index is 0.00284. The van der Waals surface area contributed by atoms with E-state index in [0.29, 0.717) is 23.4 Å². The van der Waals surface area contributed by atoms with Crippen molar-refractivity contribution < 1.29 is 23.4 Å². The fourth-order valence-corrected chi connectivity index (χ4v) is 3.01. The molecule has 0 radical (unpaired) electrons. The number of rotatable bonds is 7. The molecule has 5 N–H and O–H groups in total. The van der Waals surface area contributed by atoms with Crippen LogP contribution in [-0.4, -0.2) is 18.1 Å². The number of carbonyl (C=O) groups is 1. The maximum absolute atomic E-state index is 13.4. The Hall–Kier alpha value is -3.65. The molecule has 6 nitrogen and oxygen atoms in total. The molecule has 0 spiro atoms. The van der Waals surface area contributed by atoms with Gasteiger partial charge in [-0.05, 0) is 42.8 Å². The highest BCUT2D eigenvalue weighted by molar-refractivity contribution is 6.05. The van der Waals surface area contributed by atoms with Crippen molar-refractivity contribution >= 4 is 23.0 Å². The molecule has 0 saturated carbocycles. The molecular formula is C23H23F2N3O3. The number of halogens is 2. The number of anilines is 3. The fourth-order valence-electron chi connectivity index (χ4n) is 3.01. The minimum Gasteiger partial charge on any atom is -0.496 e. The van der Waals surface area contributed by atoms with Crippen LogP contribution >= 0.6 is 0 Å². The lowest BCUT2D eigenvalue weighted by atomic mass is 10.1. The van der Waals surface area contributed by atoms with E-state index in [1.165, 1.54) is 0 Å². The lowest BCUT2D eigenvalue weighted by Crippen LogP contribution is -2.14. The zero-order valence-electron chi connectivity index (χ0n) is 17.1. The van der Waals surface area contributed by atoms with Gasteiger partial charge in [-0.25, -0.2) is 8.78 Å². The van der Waals surface area contributed by atoms with Crippen LogP contribution in [0.2, 0.25) is 0 Å². The van der Waals surface area contributed by atoms with Gasteiger partial charge in [0.05, 0.1) is 24.6 Å². The van der Waals surface area contributed by atoms with Gasteiger partial charge in [-0.2, -0.15) is 0 Å². The van der Waals surface area contributed by atoms with Crippen molar-refractivity contribution in [1.82, 2.24) is 0 Å². The van der Waals surface area contributed by atoms with Crippen LogP contribution in [0.25, 0.3) is 0 Å². The second kappa shape index (κ2) is 9.44. The Morgan fingerprint density at radius 1 is 1.10 bits per heavy atom. The van der Waals surface area contributed by atoms with E-state index >= 15 is 0 Å². The summed E-state index contributed by atoms with van der Waals surface area (Å²) in [6.45, 7) is 2.16. The van der Waals surface area contributed by atoms with Crippen molar-refractivity contribution in [2.24, 2.45) is 0 Å². The molecule has 0 aliphatic carbocycles. The highest BCUT2D eigenvalue weighted by Crippen LogP contribution is 2.28. The second-order valence-corrected chi connectivity index (χ2v) is 6.99. The normalized spacial score (nSPS) is 11.6. The summed E-state index contributed by atoms with van der Waals surface area (Å²) in [4.78, 5) is 12.4. The highest BCUT2D eigenvalue weighted by atomic mass is 19.2. The topological polar surface area (TPSA) is 96.6 Å². The van der Waals surface area contributed by atoms with Crippen LogP contribution in [-0.2, 0) is 6.54 Å². The van der Waals surface area contributed by atoms with Crippen molar-refractivity contribution in [2.45, 2.75) is 19.6 Å². The summed E-state index contributed by atoms with van der Waals surface area (Å²) in [6.07, 6.45) is -0.668. The number of nitrogen functional groups attached to an aromatic ring is 1. The van der Waals surface area contributed by atoms with Crippen LogP contribution in [0, 0.1) is 11.6 Å². The van der Waals surface area contributed by atoms with Gasteiger partial charge in [-0.1, -0.05) is 12.1 Å². The van der Waals surface area contributed by atoms with Crippen molar-refractivity contribution in [3.8, 4) is 5.75 Å². The Morgan fingerprint density at radius 2 is 1.77 bits per heavy atom. The predicted molar refractivity (Wildman–Crippen MR) is 116 cm³/mol. The maximum atomic E-state index is 13.4. The number of carbonyl (C=O) groups excluding carboxylic acids is 1. The molecule has 3 aromatic carbocycles. The molecule has 0 fully saturated rings. The van der Waals surface area contributed by atoms with E-state index < -0.39 is 23.6 Å². The third kappa shape index (κ3) is 5.29. The first-order valence-electron chi connectivity index (χ1n) is 9.53. The largest absolute Gasteiger partial charge is 0.496 e. The summed E-state index contributed by atoms with van der Waals surface area (Å²) in [7, 11) is 1.55. The molecule has 162 valence electrons. The number of nitrogens with two attached hydrogens (primary N) is 1. The molecule has 0 aliphatic heterocycles. The molecule has 1 atom stereocenters. The second-order valence-electron chi connectivity index (χ2n) is 6.99. The lowest BCUT2D eigenvalue weighted by Gasteiger charge is -2.14. The SMILES string of the molecule is COc1ccc(NCc2ccc(C(=O)Nc3cc(F)c(F)cc3N)cc2)cc1C(C)O. The summed E-state index contributed by atoms with van der Waals surface area (Å²) in [5, 5.41) is 15.6. The standard InChI is InChI=1S/C23H23F2N3O3/c1-13(29)17-9-16(7-8-22(17)31-2)27-12-14-3-5-15(6-4-14)23(30)28-21-11-19(25)18(24)10-20(21)26/h3-11,13,27,29H,12,26H2,1-2H3,(H,28,30). The Morgan fingerprint density at radius 3 is 2.42 bits per heavy atom. The maximum Gasteiger partial charge on any atom is 0.255 e. The molecule has 0 saturated heterocycles. The summed E-state index contributed by atoms with van der Waals surface area (Å²) in [5.41, 5.74) is 8.31. The van der Waals surface area contributed by atoms with Gasteiger partial charge in [-0.3, -0.25) is 4.79 Å². The van der Waals surface area contributed by atoms with Gasteiger partial charge in [-0.15, -0.1) is 0 Å². The Bertz CT molecular complexity index is 1090. The summed E-state index contributed by atoms with van der Waals surface area (Å²) in [5.74, 6) is -2.06. The van der Waals surface area contributed by atoms with Crippen LogP contribution in [0.5, 0.6) is 5.75 Å². The van der Waals surface area contributed by atoms with Crippen molar-refractivity contribution in [3.05, 3.63) is 82.9 Å². The van der Waals surface area contributed by atoms with E-state index in [1.807, 2.05) is 12.1 Å². The van der Waals surface area contributed by atoms with Crippen LogP contribution < -0.4 is 21.1 Å². The Labute approximate surface area is 178 Å². The van der Waals surface area contributed by atoms with Gasteiger partial charge in [0, 0.05) is 35.5 Å². The Balaban J connectivity index is 1.65. The Kier molecular flexibility index (Phi) is 6.71. The number of benzene rings is 3. The molecular weight excluding hydrogens is 404 g/mol. The molecule has 0 bridgehead atoms. The highest BCUT2D eigenvalue weighted by Gasteiger charge is 2.12. The van der Waals surface area contributed by atoms with Gasteiger partial charge < -0.3 is 26.2 Å². The molecule has 3 aromatic rings. The number of hydrogen-bond donors (Lipinski definition) is 4. The third-order valence-corrected chi connectivity index (χ3v) is 4.73. The quantitative estimate of drug-likeness (QED) is 0.417. The third-order valence-electron chi connectivity index (χ3n) is 4.73. The minimum atomic E-state index is -1.09. The fraction of sp³-hybridized carbons (Fsp3) is 0.174. The molecule has 3 rings (SSSR count). The van der Waals surface area contributed by atoms with Gasteiger partial charge in [0.2, 0.25) is 0 Å². The van der Waals surface area contributed by atoms with Gasteiger partial charge in [0.1, 0.15) is 5.75 Å². The number of nitrogens with one attached hydrogen (secondary N) is 2. The molecule has 1 amide bonds. The van der Waals surface area contributed by atoms with E-state index in [-0.39, 0.29) is 11.4 Å². The van der Waals surface area contributed by atoms with E-state index in [4.69, 9.17) is 10.5 Å². The lowest BCUT2D eigenvalue weighted by molar-refractivity contribution is 0.102. The van der Waals surface area contributed by atoms with Gasteiger partial charge in [0.15, 0.2) is 11.6 Å². The average molecular weight is 427 g/mol. The van der Waals surface area contributed by atoms with Gasteiger partial charge in [0.25, 0.3) is 5.91 Å². The number of aliphatic hydroxyl groups excluding tert-OH is 1. The van der Waals surface area contributed by atoms with Crippen molar-refractivity contribution in [3.63, 3.8) is 0 Å². The zero-order valence-corrected chi connectivity index (χ0v) is 17.1. The predicted octanol–water partition coefficient (Wildman–Crippen LogP) is 4.47. The van der Waals surface area contributed by atoms with Crippen LogP contribution in [0.15, 0.2) is 54.6 Å². The first-order chi connectivity index (χ1) is 14.8. The van der Waals surface area contributed by atoms with E-state index in [1.54, 1.807) is 44.4 Å². The van der Waals surface area contributed by atoms with Crippen molar-refractivity contribution in [2.75, 3.05) is 23.5 Å². The van der Waals surface area contributed by atoms with E-state index in [9.17, 15) is 18.7 Å². The number of aliphatic hydroxyl groups is 1. The van der Waals surface area contributed by atoms with Crippen LogP contribution in [0.3, 0.4) is 0 Å². The summed E-state index contributed by atoms with van der Waals surface area (Å²) in [6, 6.07) is 13.9. The molecule has 31 heavy (non-hydrogen) atoms. The molecule has 8 heteroatoms. The number of methoxy groups -OCH3 is 1. The van der Waals surface area contributed by atoms with Gasteiger partial charge >= 0.3 is 0 Å².